The van der Waals surface area contributed by atoms with Gasteiger partial charge in [0.15, 0.2) is 0 Å². The Morgan fingerprint density at radius 3 is 2.57 bits per heavy atom. The number of likely N-dealkylation sites (tertiary alicyclic amines) is 1. The minimum atomic E-state index is -0.659. The van der Waals surface area contributed by atoms with E-state index in [0.29, 0.717) is 24.4 Å². The smallest absolute Gasteiger partial charge is 0.309 e. The zero-order valence-electron chi connectivity index (χ0n) is 22.0. The van der Waals surface area contributed by atoms with Crippen LogP contribution in [0.1, 0.15) is 65.4 Å². The molecule has 1 saturated carbocycles. The number of aromatic nitrogens is 1. The molecule has 0 radical (unpaired) electrons. The molecule has 5 aliphatic rings. The SMILES string of the molecule is CC(C)CN1C(=O)N(CCCc2cccnc2)C(=O)C12CCN(CC1=CC[C@H]3C[C@@H]1C3(C)C)CC2. The fourth-order valence-electron chi connectivity index (χ4n) is 7.06. The normalized spacial score (nSPS) is 27.5. The summed E-state index contributed by atoms with van der Waals surface area (Å²) in [5.74, 6) is 1.95. The highest BCUT2D eigenvalue weighted by molar-refractivity contribution is 6.07. The van der Waals surface area contributed by atoms with Crippen LogP contribution in [0.5, 0.6) is 0 Å². The molecule has 6 rings (SSSR count). The number of pyridine rings is 1. The van der Waals surface area contributed by atoms with Crippen molar-refractivity contribution in [2.45, 2.75) is 71.8 Å². The van der Waals surface area contributed by atoms with Gasteiger partial charge in [0.2, 0.25) is 0 Å². The largest absolute Gasteiger partial charge is 0.327 e. The van der Waals surface area contributed by atoms with Gasteiger partial charge >= 0.3 is 6.03 Å². The predicted molar refractivity (Wildman–Crippen MR) is 138 cm³/mol. The summed E-state index contributed by atoms with van der Waals surface area (Å²) in [5.41, 5.74) is 2.54. The van der Waals surface area contributed by atoms with Crippen LogP contribution in [-0.4, -0.2) is 69.9 Å². The van der Waals surface area contributed by atoms with E-state index >= 15 is 0 Å². The molecule has 35 heavy (non-hydrogen) atoms. The number of aryl methyl sites for hydroxylation is 1. The molecule has 3 fully saturated rings. The van der Waals surface area contributed by atoms with E-state index < -0.39 is 5.54 Å². The highest BCUT2D eigenvalue weighted by atomic mass is 16.2. The lowest BCUT2D eigenvalue weighted by Crippen LogP contribution is -2.58. The first kappa shape index (κ1) is 24.5. The van der Waals surface area contributed by atoms with Crippen LogP contribution in [0.3, 0.4) is 0 Å². The Bertz CT molecular complexity index is 978. The average Bonchev–Trinajstić information content (AvgIpc) is 3.02. The summed E-state index contributed by atoms with van der Waals surface area (Å²) in [4.78, 5) is 37.5. The fraction of sp³-hybridized carbons (Fsp3) is 0.690. The number of fused-ring (bicyclic) bond motifs is 1. The standard InChI is InChI=1S/C29H42N4O2/c1-21(2)19-33-27(35)32(14-6-8-22-7-5-13-30-18-22)26(34)29(33)11-15-31(16-12-29)20-23-9-10-24-17-25(23)28(24,3)4/h5,7,9,13,18,21,24-25H,6,8,10-12,14-17,19-20H2,1-4H3/t24-,25-/m0/s1. The minimum absolute atomic E-state index is 0.0360. The third kappa shape index (κ3) is 4.32. The van der Waals surface area contributed by atoms with Gasteiger partial charge in [-0.2, -0.15) is 0 Å². The molecule has 3 aliphatic carbocycles. The number of urea groups is 1. The van der Waals surface area contributed by atoms with Gasteiger partial charge in [-0.1, -0.05) is 45.4 Å². The lowest BCUT2D eigenvalue weighted by atomic mass is 9.49. The summed E-state index contributed by atoms with van der Waals surface area (Å²) in [6.45, 7) is 13.0. The van der Waals surface area contributed by atoms with E-state index in [2.05, 4.69) is 49.7 Å². The van der Waals surface area contributed by atoms with Crippen LogP contribution >= 0.6 is 0 Å². The van der Waals surface area contributed by atoms with E-state index in [1.807, 2.05) is 17.2 Å². The number of imide groups is 1. The molecule has 0 aromatic carbocycles. The molecular weight excluding hydrogens is 436 g/mol. The van der Waals surface area contributed by atoms with Crippen LogP contribution in [0, 0.1) is 23.2 Å². The minimum Gasteiger partial charge on any atom is -0.309 e. The van der Waals surface area contributed by atoms with Crippen molar-refractivity contribution in [1.29, 1.82) is 0 Å². The van der Waals surface area contributed by atoms with E-state index in [4.69, 9.17) is 0 Å². The number of nitrogens with zero attached hydrogens (tertiary/aromatic N) is 4. The monoisotopic (exact) mass is 478 g/mol. The Labute approximate surface area is 210 Å². The Morgan fingerprint density at radius 1 is 1.17 bits per heavy atom. The van der Waals surface area contributed by atoms with Crippen molar-refractivity contribution in [1.82, 2.24) is 19.7 Å². The van der Waals surface area contributed by atoms with E-state index in [1.165, 1.54) is 12.8 Å². The summed E-state index contributed by atoms with van der Waals surface area (Å²) in [5, 5.41) is 0. The maximum Gasteiger partial charge on any atom is 0.327 e. The van der Waals surface area contributed by atoms with Gasteiger partial charge in [-0.3, -0.25) is 19.6 Å². The number of hydrogen-bond donors (Lipinski definition) is 0. The summed E-state index contributed by atoms with van der Waals surface area (Å²) in [6.07, 6.45) is 11.8. The molecule has 0 unspecified atom stereocenters. The predicted octanol–water partition coefficient (Wildman–Crippen LogP) is 4.76. The molecule has 1 aromatic heterocycles. The Kier molecular flexibility index (Phi) is 6.54. The van der Waals surface area contributed by atoms with Crippen molar-refractivity contribution in [2.24, 2.45) is 23.2 Å². The summed E-state index contributed by atoms with van der Waals surface area (Å²) >= 11 is 0. The molecule has 3 amide bonds. The van der Waals surface area contributed by atoms with Crippen LogP contribution in [0.2, 0.25) is 0 Å². The highest BCUT2D eigenvalue weighted by Gasteiger charge is 2.58. The number of carbonyl (C=O) groups excluding carboxylic acids is 2. The number of carbonyl (C=O) groups is 2. The van der Waals surface area contributed by atoms with Crippen molar-refractivity contribution in [3.05, 3.63) is 41.7 Å². The van der Waals surface area contributed by atoms with Crippen molar-refractivity contribution in [3.63, 3.8) is 0 Å². The second kappa shape index (κ2) is 9.34. The van der Waals surface area contributed by atoms with Crippen molar-refractivity contribution < 1.29 is 9.59 Å². The average molecular weight is 479 g/mol. The second-order valence-electron chi connectivity index (χ2n) is 12.3. The number of hydrogen-bond acceptors (Lipinski definition) is 4. The van der Waals surface area contributed by atoms with Crippen molar-refractivity contribution >= 4 is 11.9 Å². The van der Waals surface area contributed by atoms with Gasteiger partial charge in [0.25, 0.3) is 5.91 Å². The molecule has 6 heteroatoms. The van der Waals surface area contributed by atoms with Crippen molar-refractivity contribution in [2.75, 3.05) is 32.7 Å². The van der Waals surface area contributed by atoms with Gasteiger partial charge in [0.05, 0.1) is 0 Å². The number of piperidine rings is 1. The molecule has 2 bridgehead atoms. The third-order valence-electron chi connectivity index (χ3n) is 9.41. The van der Waals surface area contributed by atoms with Crippen LogP contribution < -0.4 is 0 Å². The summed E-state index contributed by atoms with van der Waals surface area (Å²) in [6, 6.07) is 3.90. The topological polar surface area (TPSA) is 56.8 Å². The van der Waals surface area contributed by atoms with Gasteiger partial charge in [-0.05, 0) is 73.3 Å². The maximum absolute atomic E-state index is 13.8. The number of rotatable bonds is 8. The molecule has 2 atom stereocenters. The Hall–Kier alpha value is -2.21. The van der Waals surface area contributed by atoms with E-state index in [0.717, 1.165) is 62.7 Å². The number of allylic oxidation sites excluding steroid dienone is 1. The third-order valence-corrected chi connectivity index (χ3v) is 9.41. The zero-order valence-corrected chi connectivity index (χ0v) is 22.0. The number of amides is 3. The molecule has 2 saturated heterocycles. The molecule has 1 spiro atoms. The lowest BCUT2D eigenvalue weighted by molar-refractivity contribution is -0.135. The second-order valence-corrected chi connectivity index (χ2v) is 12.3. The van der Waals surface area contributed by atoms with Crippen LogP contribution in [0.25, 0.3) is 0 Å². The Balaban J connectivity index is 1.24. The first-order valence-electron chi connectivity index (χ1n) is 13.7. The zero-order chi connectivity index (χ0) is 24.8. The molecule has 190 valence electrons. The lowest BCUT2D eigenvalue weighted by Gasteiger charge is -2.57. The van der Waals surface area contributed by atoms with Crippen LogP contribution in [-0.2, 0) is 11.2 Å². The van der Waals surface area contributed by atoms with Crippen molar-refractivity contribution in [3.8, 4) is 0 Å². The van der Waals surface area contributed by atoms with Gasteiger partial charge in [-0.15, -0.1) is 0 Å². The molecule has 2 aliphatic heterocycles. The molecule has 0 N–H and O–H groups in total. The first-order chi connectivity index (χ1) is 16.7. The fourth-order valence-corrected chi connectivity index (χ4v) is 7.06. The van der Waals surface area contributed by atoms with E-state index in [1.54, 1.807) is 16.7 Å². The van der Waals surface area contributed by atoms with Crippen LogP contribution in [0.4, 0.5) is 4.79 Å². The first-order valence-corrected chi connectivity index (χ1v) is 13.7. The van der Waals surface area contributed by atoms with Gasteiger partial charge < -0.3 is 4.90 Å². The van der Waals surface area contributed by atoms with Crippen LogP contribution in [0.15, 0.2) is 36.2 Å². The quantitative estimate of drug-likeness (QED) is 0.399. The van der Waals surface area contributed by atoms with E-state index in [-0.39, 0.29) is 11.9 Å². The summed E-state index contributed by atoms with van der Waals surface area (Å²) < 4.78 is 0. The molecule has 6 nitrogen and oxygen atoms in total. The molecular formula is C29H42N4O2. The maximum atomic E-state index is 13.8. The molecule has 1 aromatic rings. The Morgan fingerprint density at radius 2 is 1.94 bits per heavy atom. The molecule has 3 heterocycles. The van der Waals surface area contributed by atoms with E-state index in [9.17, 15) is 9.59 Å². The highest BCUT2D eigenvalue weighted by Crippen LogP contribution is 2.59. The summed E-state index contributed by atoms with van der Waals surface area (Å²) in [7, 11) is 0. The van der Waals surface area contributed by atoms with Gasteiger partial charge in [-0.25, -0.2) is 4.79 Å². The van der Waals surface area contributed by atoms with Gasteiger partial charge in [0.1, 0.15) is 5.54 Å². The van der Waals surface area contributed by atoms with Gasteiger partial charge in [0, 0.05) is 45.1 Å².